The number of phenolic OH excluding ortho intramolecular Hbond substituents is 1. The molecule has 2 aromatic rings. The molecule has 19 heavy (non-hydrogen) atoms. The molecule has 0 aliphatic heterocycles. The molecule has 0 saturated heterocycles. The average Bonchev–Trinajstić information content (AvgIpc) is 2.88. The SMILES string of the molecule is CCN(Cc1cccs1)C(=O)c1ccc(O)cc1C. The van der Waals surface area contributed by atoms with Gasteiger partial charge in [0.2, 0.25) is 0 Å². The molecular weight excluding hydrogens is 258 g/mol. The second-order valence-corrected chi connectivity index (χ2v) is 5.43. The largest absolute Gasteiger partial charge is 0.508 e. The standard InChI is InChI=1S/C15H17NO2S/c1-3-16(10-13-5-4-8-19-13)15(18)14-7-6-12(17)9-11(14)2/h4-9,17H,3,10H2,1-2H3. The third-order valence-corrected chi connectivity index (χ3v) is 3.90. The molecule has 0 atom stereocenters. The third kappa shape index (κ3) is 3.15. The Bertz CT molecular complexity index is 564. The lowest BCUT2D eigenvalue weighted by Gasteiger charge is -2.21. The minimum absolute atomic E-state index is 0.00778. The molecule has 0 saturated carbocycles. The van der Waals surface area contributed by atoms with Gasteiger partial charge in [0.1, 0.15) is 5.75 Å². The first-order valence-electron chi connectivity index (χ1n) is 6.23. The highest BCUT2D eigenvalue weighted by molar-refractivity contribution is 7.09. The number of amides is 1. The van der Waals surface area contributed by atoms with Crippen LogP contribution in [0.15, 0.2) is 35.7 Å². The van der Waals surface area contributed by atoms with E-state index in [-0.39, 0.29) is 11.7 Å². The predicted octanol–water partition coefficient (Wildman–Crippen LogP) is 3.42. The lowest BCUT2D eigenvalue weighted by Crippen LogP contribution is -2.30. The second kappa shape index (κ2) is 5.89. The number of phenols is 1. The van der Waals surface area contributed by atoms with Gasteiger partial charge in [0, 0.05) is 17.0 Å². The number of hydrogen-bond acceptors (Lipinski definition) is 3. The first kappa shape index (κ1) is 13.6. The summed E-state index contributed by atoms with van der Waals surface area (Å²) in [6.07, 6.45) is 0. The summed E-state index contributed by atoms with van der Waals surface area (Å²) < 4.78 is 0. The van der Waals surface area contributed by atoms with E-state index in [0.29, 0.717) is 18.7 Å². The average molecular weight is 275 g/mol. The van der Waals surface area contributed by atoms with Gasteiger partial charge in [0.15, 0.2) is 0 Å². The maximum absolute atomic E-state index is 12.5. The van der Waals surface area contributed by atoms with Crippen molar-refractivity contribution in [2.75, 3.05) is 6.54 Å². The maximum atomic E-state index is 12.5. The molecule has 1 N–H and O–H groups in total. The summed E-state index contributed by atoms with van der Waals surface area (Å²) in [6, 6.07) is 8.88. The highest BCUT2D eigenvalue weighted by Crippen LogP contribution is 2.19. The van der Waals surface area contributed by atoms with Gasteiger partial charge in [-0.15, -0.1) is 11.3 Å². The Kier molecular flexibility index (Phi) is 4.22. The van der Waals surface area contributed by atoms with Gasteiger partial charge in [-0.2, -0.15) is 0 Å². The van der Waals surface area contributed by atoms with Crippen molar-refractivity contribution < 1.29 is 9.90 Å². The molecule has 2 rings (SSSR count). The third-order valence-electron chi connectivity index (χ3n) is 3.04. The van der Waals surface area contributed by atoms with Gasteiger partial charge in [-0.25, -0.2) is 0 Å². The van der Waals surface area contributed by atoms with Crippen LogP contribution in [0.3, 0.4) is 0 Å². The van der Waals surface area contributed by atoms with Crippen molar-refractivity contribution in [3.8, 4) is 5.75 Å². The minimum atomic E-state index is 0.00778. The van der Waals surface area contributed by atoms with Crippen LogP contribution >= 0.6 is 11.3 Å². The predicted molar refractivity (Wildman–Crippen MR) is 77.6 cm³/mol. The fourth-order valence-corrected chi connectivity index (χ4v) is 2.70. The van der Waals surface area contributed by atoms with Crippen molar-refractivity contribution in [1.29, 1.82) is 0 Å². The van der Waals surface area contributed by atoms with Gasteiger partial charge in [0.25, 0.3) is 5.91 Å². The van der Waals surface area contributed by atoms with Crippen LogP contribution in [0, 0.1) is 6.92 Å². The number of hydrogen-bond donors (Lipinski definition) is 1. The molecule has 1 amide bonds. The Morgan fingerprint density at radius 3 is 2.74 bits per heavy atom. The van der Waals surface area contributed by atoms with E-state index in [2.05, 4.69) is 0 Å². The van der Waals surface area contributed by atoms with Crippen LogP contribution in [-0.2, 0) is 6.54 Å². The fraction of sp³-hybridized carbons (Fsp3) is 0.267. The fourth-order valence-electron chi connectivity index (χ4n) is 1.98. The van der Waals surface area contributed by atoms with Crippen LogP contribution < -0.4 is 0 Å². The van der Waals surface area contributed by atoms with Crippen LogP contribution in [0.5, 0.6) is 5.75 Å². The van der Waals surface area contributed by atoms with E-state index in [1.165, 1.54) is 4.88 Å². The van der Waals surface area contributed by atoms with E-state index in [0.717, 1.165) is 5.56 Å². The molecule has 1 aromatic heterocycles. The van der Waals surface area contributed by atoms with E-state index >= 15 is 0 Å². The number of aromatic hydroxyl groups is 1. The number of aryl methyl sites for hydroxylation is 1. The Morgan fingerprint density at radius 1 is 1.37 bits per heavy atom. The molecule has 0 spiro atoms. The molecule has 100 valence electrons. The van der Waals surface area contributed by atoms with Gasteiger partial charge in [-0.1, -0.05) is 6.07 Å². The number of rotatable bonds is 4. The van der Waals surface area contributed by atoms with E-state index in [9.17, 15) is 9.90 Å². The summed E-state index contributed by atoms with van der Waals surface area (Å²) >= 11 is 1.65. The van der Waals surface area contributed by atoms with Crippen molar-refractivity contribution in [2.45, 2.75) is 20.4 Å². The lowest BCUT2D eigenvalue weighted by molar-refractivity contribution is 0.0753. The van der Waals surface area contributed by atoms with E-state index < -0.39 is 0 Å². The highest BCUT2D eigenvalue weighted by atomic mass is 32.1. The van der Waals surface area contributed by atoms with Crippen molar-refractivity contribution in [1.82, 2.24) is 4.90 Å². The lowest BCUT2D eigenvalue weighted by atomic mass is 10.1. The molecule has 1 heterocycles. The van der Waals surface area contributed by atoms with Crippen LogP contribution in [0.2, 0.25) is 0 Å². The van der Waals surface area contributed by atoms with Crippen LogP contribution in [0.25, 0.3) is 0 Å². The zero-order valence-corrected chi connectivity index (χ0v) is 11.9. The first-order chi connectivity index (χ1) is 9.11. The molecule has 3 nitrogen and oxygen atoms in total. The Hall–Kier alpha value is -1.81. The van der Waals surface area contributed by atoms with Crippen molar-refractivity contribution in [3.05, 3.63) is 51.7 Å². The van der Waals surface area contributed by atoms with E-state index in [1.807, 2.05) is 36.3 Å². The monoisotopic (exact) mass is 275 g/mol. The van der Waals surface area contributed by atoms with E-state index in [1.54, 1.807) is 29.5 Å². The molecule has 0 radical (unpaired) electrons. The van der Waals surface area contributed by atoms with Gasteiger partial charge in [0.05, 0.1) is 6.54 Å². The Morgan fingerprint density at radius 2 is 2.16 bits per heavy atom. The maximum Gasteiger partial charge on any atom is 0.254 e. The summed E-state index contributed by atoms with van der Waals surface area (Å²) in [5.41, 5.74) is 1.45. The summed E-state index contributed by atoms with van der Waals surface area (Å²) in [7, 11) is 0. The topological polar surface area (TPSA) is 40.5 Å². The zero-order chi connectivity index (χ0) is 13.8. The molecule has 0 bridgehead atoms. The number of thiophene rings is 1. The van der Waals surface area contributed by atoms with E-state index in [4.69, 9.17) is 0 Å². The van der Waals surface area contributed by atoms with Gasteiger partial charge >= 0.3 is 0 Å². The smallest absolute Gasteiger partial charge is 0.254 e. The van der Waals surface area contributed by atoms with Gasteiger partial charge in [-0.3, -0.25) is 4.79 Å². The van der Waals surface area contributed by atoms with Crippen molar-refractivity contribution in [2.24, 2.45) is 0 Å². The van der Waals surface area contributed by atoms with Gasteiger partial charge < -0.3 is 10.0 Å². The summed E-state index contributed by atoms with van der Waals surface area (Å²) in [5, 5.41) is 11.4. The zero-order valence-electron chi connectivity index (χ0n) is 11.1. The summed E-state index contributed by atoms with van der Waals surface area (Å²) in [6.45, 7) is 5.11. The van der Waals surface area contributed by atoms with Crippen molar-refractivity contribution in [3.63, 3.8) is 0 Å². The Labute approximate surface area is 117 Å². The number of nitrogens with zero attached hydrogens (tertiary/aromatic N) is 1. The summed E-state index contributed by atoms with van der Waals surface area (Å²) in [4.78, 5) is 15.5. The normalized spacial score (nSPS) is 10.4. The van der Waals surface area contributed by atoms with Crippen LogP contribution in [-0.4, -0.2) is 22.5 Å². The van der Waals surface area contributed by atoms with Crippen molar-refractivity contribution >= 4 is 17.2 Å². The van der Waals surface area contributed by atoms with Crippen LogP contribution in [0.1, 0.15) is 27.7 Å². The molecule has 0 aliphatic carbocycles. The number of carbonyl (C=O) groups is 1. The van der Waals surface area contributed by atoms with Gasteiger partial charge in [-0.05, 0) is 49.1 Å². The Balaban J connectivity index is 2.20. The second-order valence-electron chi connectivity index (χ2n) is 4.40. The molecule has 1 aromatic carbocycles. The quantitative estimate of drug-likeness (QED) is 0.928. The number of benzene rings is 1. The molecular formula is C15H17NO2S. The summed E-state index contributed by atoms with van der Waals surface area (Å²) in [5.74, 6) is 0.198. The molecule has 0 unspecified atom stereocenters. The first-order valence-corrected chi connectivity index (χ1v) is 7.11. The minimum Gasteiger partial charge on any atom is -0.508 e. The highest BCUT2D eigenvalue weighted by Gasteiger charge is 2.17. The van der Waals surface area contributed by atoms with Crippen LogP contribution in [0.4, 0.5) is 0 Å². The molecule has 4 heteroatoms. The molecule has 0 aliphatic rings. The number of carbonyl (C=O) groups excluding carboxylic acids is 1. The molecule has 0 fully saturated rings.